The van der Waals surface area contributed by atoms with Crippen LogP contribution in [-0.4, -0.2) is 27.9 Å². The van der Waals surface area contributed by atoms with Crippen LogP contribution in [0.4, 0.5) is 5.69 Å². The number of aryl methyl sites for hydroxylation is 1. The molecule has 0 spiro atoms. The predicted octanol–water partition coefficient (Wildman–Crippen LogP) is 4.04. The standard InChI is InChI=1S/C22H18N4O/c1-13-7-9-14(10-8-13)18-16-11-23-21-19(16)20(24-12-25-21)15-5-3-4-6-17(15)26(2)22(18)27/h3-12,18H,1-2H3,(H,23,24,25). The van der Waals surface area contributed by atoms with Gasteiger partial charge in [0.25, 0.3) is 0 Å². The summed E-state index contributed by atoms with van der Waals surface area (Å²) in [5, 5.41) is 0.914. The first-order chi connectivity index (χ1) is 13.1. The molecule has 3 heterocycles. The van der Waals surface area contributed by atoms with Gasteiger partial charge >= 0.3 is 0 Å². The largest absolute Gasteiger partial charge is 0.346 e. The first-order valence-electron chi connectivity index (χ1n) is 8.90. The monoisotopic (exact) mass is 354 g/mol. The number of rotatable bonds is 1. The molecule has 1 aliphatic rings. The van der Waals surface area contributed by atoms with Gasteiger partial charge < -0.3 is 9.88 Å². The molecule has 1 aliphatic heterocycles. The highest BCUT2D eigenvalue weighted by molar-refractivity contribution is 6.10. The summed E-state index contributed by atoms with van der Waals surface area (Å²) in [4.78, 5) is 27.5. The number of para-hydroxylation sites is 1. The zero-order valence-electron chi connectivity index (χ0n) is 15.1. The van der Waals surface area contributed by atoms with Gasteiger partial charge in [-0.3, -0.25) is 4.79 Å². The van der Waals surface area contributed by atoms with Crippen molar-refractivity contribution < 1.29 is 4.79 Å². The van der Waals surface area contributed by atoms with E-state index in [9.17, 15) is 4.79 Å². The van der Waals surface area contributed by atoms with Crippen LogP contribution in [0, 0.1) is 6.92 Å². The van der Waals surface area contributed by atoms with Crippen molar-refractivity contribution in [1.82, 2.24) is 15.0 Å². The fourth-order valence-corrected chi connectivity index (χ4v) is 3.91. The summed E-state index contributed by atoms with van der Waals surface area (Å²) < 4.78 is 0. The van der Waals surface area contributed by atoms with Gasteiger partial charge in [-0.1, -0.05) is 48.0 Å². The second-order valence-electron chi connectivity index (χ2n) is 6.95. The number of carbonyl (C=O) groups is 1. The van der Waals surface area contributed by atoms with Gasteiger partial charge in [0, 0.05) is 24.2 Å². The van der Waals surface area contributed by atoms with E-state index in [1.165, 1.54) is 5.56 Å². The molecule has 2 aromatic heterocycles. The maximum absolute atomic E-state index is 13.6. The number of nitrogens with zero attached hydrogens (tertiary/aromatic N) is 3. The molecule has 1 atom stereocenters. The van der Waals surface area contributed by atoms with Crippen LogP contribution in [0.3, 0.4) is 0 Å². The lowest BCUT2D eigenvalue weighted by Crippen LogP contribution is -2.33. The molecule has 5 heteroatoms. The highest BCUT2D eigenvalue weighted by Crippen LogP contribution is 2.42. The molecular formula is C22H18N4O. The Morgan fingerprint density at radius 3 is 2.63 bits per heavy atom. The van der Waals surface area contributed by atoms with Crippen LogP contribution in [0.2, 0.25) is 0 Å². The summed E-state index contributed by atoms with van der Waals surface area (Å²) in [6, 6.07) is 16.0. The summed E-state index contributed by atoms with van der Waals surface area (Å²) in [6.45, 7) is 2.05. The lowest BCUT2D eigenvalue weighted by atomic mass is 9.86. The molecule has 5 nitrogen and oxygen atoms in total. The van der Waals surface area contributed by atoms with Crippen molar-refractivity contribution in [2.24, 2.45) is 0 Å². The van der Waals surface area contributed by atoms with Gasteiger partial charge in [0.1, 0.15) is 12.0 Å². The lowest BCUT2D eigenvalue weighted by molar-refractivity contribution is -0.118. The third kappa shape index (κ3) is 2.28. The molecule has 0 saturated heterocycles. The molecule has 132 valence electrons. The topological polar surface area (TPSA) is 61.9 Å². The van der Waals surface area contributed by atoms with E-state index in [1.807, 2.05) is 68.7 Å². The Balaban J connectivity index is 1.88. The Morgan fingerprint density at radius 2 is 1.81 bits per heavy atom. The molecule has 5 rings (SSSR count). The minimum Gasteiger partial charge on any atom is -0.346 e. The van der Waals surface area contributed by atoms with E-state index < -0.39 is 5.92 Å². The number of carbonyl (C=O) groups excluding carboxylic acids is 1. The van der Waals surface area contributed by atoms with E-state index in [2.05, 4.69) is 15.0 Å². The van der Waals surface area contributed by atoms with Crippen LogP contribution < -0.4 is 4.90 Å². The Hall–Kier alpha value is -3.47. The second-order valence-corrected chi connectivity index (χ2v) is 6.95. The van der Waals surface area contributed by atoms with Gasteiger partial charge in [0.05, 0.1) is 17.3 Å². The zero-order chi connectivity index (χ0) is 18.5. The van der Waals surface area contributed by atoms with Gasteiger partial charge in [-0.2, -0.15) is 0 Å². The van der Waals surface area contributed by atoms with E-state index in [-0.39, 0.29) is 5.91 Å². The number of anilines is 1. The van der Waals surface area contributed by atoms with Crippen LogP contribution in [0.1, 0.15) is 22.6 Å². The number of amides is 1. The Bertz CT molecular complexity index is 1180. The van der Waals surface area contributed by atoms with Crippen molar-refractivity contribution in [2.75, 3.05) is 11.9 Å². The molecule has 0 fully saturated rings. The number of H-pyrrole nitrogens is 1. The number of aromatic nitrogens is 3. The molecule has 1 amide bonds. The average molecular weight is 354 g/mol. The van der Waals surface area contributed by atoms with Crippen molar-refractivity contribution >= 4 is 22.6 Å². The number of hydrogen-bond acceptors (Lipinski definition) is 3. The Kier molecular flexibility index (Phi) is 3.37. The fourth-order valence-electron chi connectivity index (χ4n) is 3.91. The smallest absolute Gasteiger partial charge is 0.238 e. The SMILES string of the molecule is Cc1ccc(C2C(=O)N(C)c3ccccc3-c3ncnc4[nH]cc2c34)cc1. The van der Waals surface area contributed by atoms with Gasteiger partial charge in [-0.05, 0) is 24.1 Å². The Morgan fingerprint density at radius 1 is 1.04 bits per heavy atom. The molecule has 27 heavy (non-hydrogen) atoms. The quantitative estimate of drug-likeness (QED) is 0.561. The molecule has 0 saturated carbocycles. The minimum atomic E-state index is -0.414. The van der Waals surface area contributed by atoms with Crippen LogP contribution in [0.25, 0.3) is 22.3 Å². The summed E-state index contributed by atoms with van der Waals surface area (Å²) in [7, 11) is 1.83. The van der Waals surface area contributed by atoms with Crippen LogP contribution in [-0.2, 0) is 4.79 Å². The number of nitrogens with one attached hydrogen (secondary N) is 1. The minimum absolute atomic E-state index is 0.0294. The van der Waals surface area contributed by atoms with Crippen molar-refractivity contribution in [3.05, 3.63) is 77.7 Å². The molecule has 1 unspecified atom stereocenters. The highest BCUT2D eigenvalue weighted by Gasteiger charge is 2.33. The maximum atomic E-state index is 13.6. The van der Waals surface area contributed by atoms with Crippen LogP contribution >= 0.6 is 0 Å². The summed E-state index contributed by atoms with van der Waals surface area (Å²) in [5.41, 5.74) is 6.43. The van der Waals surface area contributed by atoms with Gasteiger partial charge in [-0.15, -0.1) is 0 Å². The zero-order valence-corrected chi connectivity index (χ0v) is 15.1. The first-order valence-corrected chi connectivity index (χ1v) is 8.90. The summed E-state index contributed by atoms with van der Waals surface area (Å²) >= 11 is 0. The fraction of sp³-hybridized carbons (Fsp3) is 0.136. The molecule has 1 N–H and O–H groups in total. The van der Waals surface area contributed by atoms with Crippen molar-refractivity contribution in [3.8, 4) is 11.3 Å². The van der Waals surface area contributed by atoms with Crippen LogP contribution in [0.5, 0.6) is 0 Å². The van der Waals surface area contributed by atoms with E-state index in [1.54, 1.807) is 11.2 Å². The third-order valence-electron chi connectivity index (χ3n) is 5.32. The molecule has 2 aromatic carbocycles. The van der Waals surface area contributed by atoms with Gasteiger partial charge in [-0.25, -0.2) is 9.97 Å². The third-order valence-corrected chi connectivity index (χ3v) is 5.32. The maximum Gasteiger partial charge on any atom is 0.238 e. The van der Waals surface area contributed by atoms with E-state index in [0.717, 1.165) is 39.1 Å². The predicted molar refractivity (Wildman–Crippen MR) is 106 cm³/mol. The molecule has 0 bridgehead atoms. The molecular weight excluding hydrogens is 336 g/mol. The average Bonchev–Trinajstić information content (AvgIpc) is 3.12. The number of fused-ring (bicyclic) bond motifs is 2. The number of benzene rings is 2. The van der Waals surface area contributed by atoms with E-state index in [0.29, 0.717) is 0 Å². The number of hydrogen-bond donors (Lipinski definition) is 1. The first kappa shape index (κ1) is 15.8. The Labute approximate surface area is 156 Å². The molecule has 0 aliphatic carbocycles. The van der Waals surface area contributed by atoms with Crippen molar-refractivity contribution in [2.45, 2.75) is 12.8 Å². The summed E-state index contributed by atoms with van der Waals surface area (Å²) in [5.74, 6) is -0.385. The number of aromatic amines is 1. The van der Waals surface area contributed by atoms with Crippen LogP contribution in [0.15, 0.2) is 61.1 Å². The van der Waals surface area contributed by atoms with Crippen molar-refractivity contribution in [3.63, 3.8) is 0 Å². The van der Waals surface area contributed by atoms with Crippen molar-refractivity contribution in [1.29, 1.82) is 0 Å². The van der Waals surface area contributed by atoms with Gasteiger partial charge in [0.15, 0.2) is 0 Å². The molecule has 0 radical (unpaired) electrons. The highest BCUT2D eigenvalue weighted by atomic mass is 16.2. The molecule has 4 aromatic rings. The number of likely N-dealkylation sites (N-methyl/N-ethyl adjacent to an activating group) is 1. The summed E-state index contributed by atoms with van der Waals surface area (Å²) in [6.07, 6.45) is 3.46. The second kappa shape index (κ2) is 5.77. The van der Waals surface area contributed by atoms with E-state index >= 15 is 0 Å². The van der Waals surface area contributed by atoms with E-state index in [4.69, 9.17) is 0 Å². The lowest BCUT2D eigenvalue weighted by Gasteiger charge is -2.28. The van der Waals surface area contributed by atoms with Gasteiger partial charge in [0.2, 0.25) is 5.91 Å². The normalized spacial score (nSPS) is 16.1.